The molecule has 2 aliphatic heterocycles. The molecule has 1 aromatic rings. The summed E-state index contributed by atoms with van der Waals surface area (Å²) >= 11 is 0. The van der Waals surface area contributed by atoms with E-state index in [-0.39, 0.29) is 0 Å². The van der Waals surface area contributed by atoms with Crippen molar-refractivity contribution in [1.29, 1.82) is 0 Å². The van der Waals surface area contributed by atoms with E-state index in [9.17, 15) is 8.42 Å². The van der Waals surface area contributed by atoms with Crippen molar-refractivity contribution in [3.63, 3.8) is 0 Å². The maximum Gasteiger partial charge on any atom is 0.177 e. The van der Waals surface area contributed by atoms with Crippen LogP contribution in [-0.2, 0) is 9.84 Å². The molecule has 0 bridgehead atoms. The highest BCUT2D eigenvalue weighted by Crippen LogP contribution is 2.39. The summed E-state index contributed by atoms with van der Waals surface area (Å²) in [4.78, 5) is 2.79. The Morgan fingerprint density at radius 2 is 2.17 bits per heavy atom. The molecule has 0 radical (unpaired) electrons. The first-order chi connectivity index (χ1) is 8.57. The normalized spacial score (nSPS) is 22.9. The van der Waals surface area contributed by atoms with E-state index in [0.29, 0.717) is 10.9 Å². The largest absolute Gasteiger partial charge is 0.380 e. The molecule has 2 aliphatic rings. The molecule has 3 rings (SSSR count). The molecule has 5 heteroatoms. The molecular formula is C13H18N2O2S. The topological polar surface area (TPSA) is 49.4 Å². The van der Waals surface area contributed by atoms with Gasteiger partial charge in [0, 0.05) is 25.4 Å². The van der Waals surface area contributed by atoms with E-state index >= 15 is 0 Å². The van der Waals surface area contributed by atoms with Crippen molar-refractivity contribution in [2.24, 2.45) is 0 Å². The molecule has 1 N–H and O–H groups in total. The van der Waals surface area contributed by atoms with Gasteiger partial charge in [-0.25, -0.2) is 8.42 Å². The van der Waals surface area contributed by atoms with Crippen molar-refractivity contribution < 1.29 is 8.42 Å². The van der Waals surface area contributed by atoms with E-state index in [1.807, 2.05) is 12.1 Å². The first-order valence-corrected chi connectivity index (χ1v) is 8.30. The van der Waals surface area contributed by atoms with Gasteiger partial charge in [0.2, 0.25) is 0 Å². The summed E-state index contributed by atoms with van der Waals surface area (Å²) in [5, 5.41) is 3.32. The number of benzene rings is 1. The Bertz CT molecular complexity index is 568. The van der Waals surface area contributed by atoms with Crippen LogP contribution in [0.4, 0.5) is 11.4 Å². The monoisotopic (exact) mass is 266 g/mol. The maximum absolute atomic E-state index is 11.8. The molecule has 1 aromatic carbocycles. The number of hydrogen-bond donors (Lipinski definition) is 1. The maximum atomic E-state index is 11.8. The van der Waals surface area contributed by atoms with Gasteiger partial charge in [-0.15, -0.1) is 0 Å². The Labute approximate surface area is 108 Å². The Hall–Kier alpha value is -1.23. The van der Waals surface area contributed by atoms with Crippen LogP contribution >= 0.6 is 0 Å². The Kier molecular flexibility index (Phi) is 2.73. The van der Waals surface area contributed by atoms with Gasteiger partial charge in [-0.05, 0) is 31.4 Å². The highest BCUT2D eigenvalue weighted by atomic mass is 32.2. The van der Waals surface area contributed by atoms with Crippen molar-refractivity contribution in [2.45, 2.75) is 30.2 Å². The lowest BCUT2D eigenvalue weighted by atomic mass is 9.98. The molecule has 1 unspecified atom stereocenters. The van der Waals surface area contributed by atoms with Crippen LogP contribution in [-0.4, -0.2) is 33.8 Å². The third kappa shape index (κ3) is 1.86. The van der Waals surface area contributed by atoms with Crippen LogP contribution in [0.15, 0.2) is 23.1 Å². The molecule has 1 fully saturated rings. The number of anilines is 2. The minimum Gasteiger partial charge on any atom is -0.380 e. The highest BCUT2D eigenvalue weighted by molar-refractivity contribution is 7.90. The van der Waals surface area contributed by atoms with Crippen LogP contribution in [0.5, 0.6) is 0 Å². The molecule has 4 nitrogen and oxygen atoms in total. The van der Waals surface area contributed by atoms with Crippen molar-refractivity contribution >= 4 is 21.2 Å². The van der Waals surface area contributed by atoms with Gasteiger partial charge in [0.05, 0.1) is 16.3 Å². The number of nitrogens with zero attached hydrogens (tertiary/aromatic N) is 1. The van der Waals surface area contributed by atoms with Crippen molar-refractivity contribution in [2.75, 3.05) is 29.6 Å². The number of sulfone groups is 1. The number of rotatable bonds is 1. The zero-order chi connectivity index (χ0) is 12.8. The summed E-state index contributed by atoms with van der Waals surface area (Å²) < 4.78 is 23.6. The minimum atomic E-state index is -3.17. The SMILES string of the molecule is CS(=O)(=O)c1cccc2c1NCC1CCCCN21. The summed E-state index contributed by atoms with van der Waals surface area (Å²) in [5.41, 5.74) is 1.84. The van der Waals surface area contributed by atoms with Gasteiger partial charge >= 0.3 is 0 Å². The standard InChI is InChI=1S/C13H18N2O2S/c1-18(16,17)12-7-4-6-11-13(12)14-9-10-5-2-3-8-15(10)11/h4,6-7,10,14H,2-3,5,8-9H2,1H3. The summed E-state index contributed by atoms with van der Waals surface area (Å²) in [6, 6.07) is 6.06. The summed E-state index contributed by atoms with van der Waals surface area (Å²) in [6.07, 6.45) is 4.92. The number of para-hydroxylation sites is 1. The third-order valence-electron chi connectivity index (χ3n) is 3.85. The summed E-state index contributed by atoms with van der Waals surface area (Å²) in [5.74, 6) is 0. The van der Waals surface area contributed by atoms with Crippen LogP contribution in [0.2, 0.25) is 0 Å². The molecule has 0 saturated carbocycles. The Balaban J connectivity index is 2.11. The van der Waals surface area contributed by atoms with Gasteiger partial charge in [-0.1, -0.05) is 6.07 Å². The van der Waals surface area contributed by atoms with Crippen LogP contribution in [0, 0.1) is 0 Å². The predicted octanol–water partition coefficient (Wildman–Crippen LogP) is 1.87. The van der Waals surface area contributed by atoms with Gasteiger partial charge < -0.3 is 10.2 Å². The van der Waals surface area contributed by atoms with E-state index in [4.69, 9.17) is 0 Å². The van der Waals surface area contributed by atoms with Crippen LogP contribution in [0.3, 0.4) is 0 Å². The molecule has 2 heterocycles. The van der Waals surface area contributed by atoms with Crippen molar-refractivity contribution in [3.8, 4) is 0 Å². The van der Waals surface area contributed by atoms with Gasteiger partial charge in [-0.2, -0.15) is 0 Å². The molecule has 1 atom stereocenters. The van der Waals surface area contributed by atoms with Crippen LogP contribution in [0.25, 0.3) is 0 Å². The quantitative estimate of drug-likeness (QED) is 0.843. The number of piperidine rings is 1. The van der Waals surface area contributed by atoms with Gasteiger partial charge in [-0.3, -0.25) is 0 Å². The fourth-order valence-corrected chi connectivity index (χ4v) is 3.87. The van der Waals surface area contributed by atoms with Crippen LogP contribution in [0.1, 0.15) is 19.3 Å². The average molecular weight is 266 g/mol. The van der Waals surface area contributed by atoms with Crippen molar-refractivity contribution in [1.82, 2.24) is 0 Å². The number of nitrogens with one attached hydrogen (secondary N) is 1. The van der Waals surface area contributed by atoms with Crippen molar-refractivity contribution in [3.05, 3.63) is 18.2 Å². The molecule has 0 amide bonds. The van der Waals surface area contributed by atoms with E-state index in [0.717, 1.165) is 24.5 Å². The lowest BCUT2D eigenvalue weighted by Crippen LogP contribution is -2.47. The number of fused-ring (bicyclic) bond motifs is 3. The zero-order valence-corrected chi connectivity index (χ0v) is 11.3. The van der Waals surface area contributed by atoms with Crippen LogP contribution < -0.4 is 10.2 Å². The molecule has 18 heavy (non-hydrogen) atoms. The van der Waals surface area contributed by atoms with Gasteiger partial charge in [0.15, 0.2) is 9.84 Å². The fraction of sp³-hybridized carbons (Fsp3) is 0.538. The molecule has 1 saturated heterocycles. The lowest BCUT2D eigenvalue weighted by Gasteiger charge is -2.43. The summed E-state index contributed by atoms with van der Waals surface area (Å²) in [6.45, 7) is 1.88. The predicted molar refractivity (Wildman–Crippen MR) is 73.0 cm³/mol. The smallest absolute Gasteiger partial charge is 0.177 e. The molecule has 0 spiro atoms. The Morgan fingerprint density at radius 3 is 2.94 bits per heavy atom. The average Bonchev–Trinajstić information content (AvgIpc) is 2.36. The van der Waals surface area contributed by atoms with Gasteiger partial charge in [0.25, 0.3) is 0 Å². The van der Waals surface area contributed by atoms with E-state index < -0.39 is 9.84 Å². The van der Waals surface area contributed by atoms with E-state index in [1.54, 1.807) is 6.07 Å². The zero-order valence-electron chi connectivity index (χ0n) is 10.5. The third-order valence-corrected chi connectivity index (χ3v) is 4.99. The molecule has 98 valence electrons. The molecular weight excluding hydrogens is 248 g/mol. The second-order valence-corrected chi connectivity index (χ2v) is 7.13. The highest BCUT2D eigenvalue weighted by Gasteiger charge is 2.30. The minimum absolute atomic E-state index is 0.420. The Morgan fingerprint density at radius 1 is 1.33 bits per heavy atom. The second-order valence-electron chi connectivity index (χ2n) is 5.15. The molecule has 0 aromatic heterocycles. The first-order valence-electron chi connectivity index (χ1n) is 6.41. The fourth-order valence-electron chi connectivity index (χ4n) is 3.00. The van der Waals surface area contributed by atoms with E-state index in [1.165, 1.54) is 25.5 Å². The number of hydrogen-bond acceptors (Lipinski definition) is 4. The van der Waals surface area contributed by atoms with Gasteiger partial charge in [0.1, 0.15) is 0 Å². The molecule has 0 aliphatic carbocycles. The lowest BCUT2D eigenvalue weighted by molar-refractivity contribution is 0.465. The first kappa shape index (κ1) is 11.8. The van der Waals surface area contributed by atoms with E-state index in [2.05, 4.69) is 10.2 Å². The summed E-state index contributed by atoms with van der Waals surface area (Å²) in [7, 11) is -3.17. The second kappa shape index (κ2) is 4.16.